The van der Waals surface area contributed by atoms with E-state index in [4.69, 9.17) is 11.6 Å². The van der Waals surface area contributed by atoms with Crippen molar-refractivity contribution in [3.8, 4) is 0 Å². The molecule has 2 nitrogen and oxygen atoms in total. The Kier molecular flexibility index (Phi) is 3.39. The molecule has 0 amide bonds. The van der Waals surface area contributed by atoms with Crippen LogP contribution >= 0.6 is 11.6 Å². The number of piperidine rings is 1. The number of halogens is 1. The average molecular weight is 294 g/mol. The van der Waals surface area contributed by atoms with Crippen molar-refractivity contribution < 1.29 is 5.11 Å². The first kappa shape index (κ1) is 14.4. The Bertz CT molecular complexity index is 520. The number of fused-ring (bicyclic) bond motifs is 1. The minimum absolute atomic E-state index is 0.124. The number of aliphatic hydroxyl groups is 1. The Balaban J connectivity index is 2.04. The molecule has 2 aliphatic rings. The molecule has 0 bridgehead atoms. The minimum atomic E-state index is -0.742. The SMILES string of the molecule is CN1CCC(C2(O)c3cc(Cl)ccc3CC2(C)C)CC1. The zero-order chi connectivity index (χ0) is 14.5. The van der Waals surface area contributed by atoms with Crippen LogP contribution in [0.3, 0.4) is 0 Å². The van der Waals surface area contributed by atoms with Gasteiger partial charge < -0.3 is 10.0 Å². The van der Waals surface area contributed by atoms with Gasteiger partial charge in [-0.15, -0.1) is 0 Å². The first-order valence-corrected chi connectivity index (χ1v) is 7.92. The molecule has 1 aromatic rings. The van der Waals surface area contributed by atoms with E-state index in [1.54, 1.807) is 0 Å². The van der Waals surface area contributed by atoms with E-state index in [2.05, 4.69) is 31.9 Å². The van der Waals surface area contributed by atoms with Gasteiger partial charge in [-0.2, -0.15) is 0 Å². The number of hydrogen-bond acceptors (Lipinski definition) is 2. The van der Waals surface area contributed by atoms with E-state index in [9.17, 15) is 5.11 Å². The highest BCUT2D eigenvalue weighted by atomic mass is 35.5. The van der Waals surface area contributed by atoms with Gasteiger partial charge in [0.15, 0.2) is 0 Å². The van der Waals surface area contributed by atoms with Gasteiger partial charge in [-0.25, -0.2) is 0 Å². The van der Waals surface area contributed by atoms with Crippen LogP contribution in [0.25, 0.3) is 0 Å². The first-order valence-electron chi connectivity index (χ1n) is 7.54. The van der Waals surface area contributed by atoms with E-state index in [1.165, 1.54) is 5.56 Å². The van der Waals surface area contributed by atoms with E-state index in [-0.39, 0.29) is 5.41 Å². The molecular weight excluding hydrogens is 270 g/mol. The predicted octanol–water partition coefficient (Wildman–Crippen LogP) is 3.45. The topological polar surface area (TPSA) is 23.5 Å². The maximum Gasteiger partial charge on any atom is 0.0982 e. The molecule has 1 aliphatic carbocycles. The largest absolute Gasteiger partial charge is 0.384 e. The quantitative estimate of drug-likeness (QED) is 0.857. The maximum atomic E-state index is 11.6. The highest BCUT2D eigenvalue weighted by molar-refractivity contribution is 6.30. The van der Waals surface area contributed by atoms with Crippen molar-refractivity contribution in [2.75, 3.05) is 20.1 Å². The van der Waals surface area contributed by atoms with Crippen molar-refractivity contribution >= 4 is 11.6 Å². The van der Waals surface area contributed by atoms with Gasteiger partial charge in [0.25, 0.3) is 0 Å². The molecule has 0 spiro atoms. The van der Waals surface area contributed by atoms with Gasteiger partial charge in [-0.05, 0) is 68.6 Å². The Morgan fingerprint density at radius 1 is 1.25 bits per heavy atom. The molecule has 1 atom stereocenters. The second-order valence-electron chi connectivity index (χ2n) is 7.21. The van der Waals surface area contributed by atoms with E-state index in [0.717, 1.165) is 42.9 Å². The highest BCUT2D eigenvalue weighted by Crippen LogP contribution is 2.56. The average Bonchev–Trinajstić information content (AvgIpc) is 2.59. The Morgan fingerprint density at radius 3 is 2.55 bits per heavy atom. The summed E-state index contributed by atoms with van der Waals surface area (Å²) in [7, 11) is 2.16. The maximum absolute atomic E-state index is 11.6. The van der Waals surface area contributed by atoms with Crippen molar-refractivity contribution in [1.82, 2.24) is 4.90 Å². The summed E-state index contributed by atoms with van der Waals surface area (Å²) in [6, 6.07) is 6.02. The number of rotatable bonds is 1. The summed E-state index contributed by atoms with van der Waals surface area (Å²) in [6.07, 6.45) is 3.05. The molecular formula is C17H24ClNO. The fraction of sp³-hybridized carbons (Fsp3) is 0.647. The molecule has 3 heteroatoms. The standard InChI is InChI=1S/C17H24ClNO/c1-16(2)11-12-4-5-14(18)10-15(12)17(16,20)13-6-8-19(3)9-7-13/h4-5,10,13,20H,6-9,11H2,1-3H3. The normalized spacial score (nSPS) is 30.4. The lowest BCUT2D eigenvalue weighted by Gasteiger charge is -2.46. The van der Waals surface area contributed by atoms with Gasteiger partial charge in [0.05, 0.1) is 5.60 Å². The van der Waals surface area contributed by atoms with E-state index < -0.39 is 5.60 Å². The van der Waals surface area contributed by atoms with Crippen LogP contribution in [0.2, 0.25) is 5.02 Å². The third-order valence-corrected chi connectivity index (χ3v) is 5.69. The zero-order valence-corrected chi connectivity index (χ0v) is 13.4. The Labute approximate surface area is 126 Å². The van der Waals surface area contributed by atoms with E-state index in [1.807, 2.05) is 12.1 Å². The predicted molar refractivity (Wildman–Crippen MR) is 83.1 cm³/mol. The molecule has 110 valence electrons. The van der Waals surface area contributed by atoms with Crippen molar-refractivity contribution in [2.45, 2.75) is 38.7 Å². The zero-order valence-electron chi connectivity index (χ0n) is 12.6. The summed E-state index contributed by atoms with van der Waals surface area (Å²) in [5.41, 5.74) is 1.47. The van der Waals surface area contributed by atoms with Gasteiger partial charge in [0.1, 0.15) is 0 Å². The molecule has 0 radical (unpaired) electrons. The summed E-state index contributed by atoms with van der Waals surface area (Å²) >= 11 is 6.19. The summed E-state index contributed by atoms with van der Waals surface area (Å²) in [5, 5.41) is 12.4. The summed E-state index contributed by atoms with van der Waals surface area (Å²) in [4.78, 5) is 2.35. The fourth-order valence-electron chi connectivity index (χ4n) is 4.23. The third-order valence-electron chi connectivity index (χ3n) is 5.46. The second kappa shape index (κ2) is 4.72. The highest BCUT2D eigenvalue weighted by Gasteiger charge is 2.55. The van der Waals surface area contributed by atoms with Crippen molar-refractivity contribution in [3.05, 3.63) is 34.3 Å². The molecule has 1 unspecified atom stereocenters. The molecule has 20 heavy (non-hydrogen) atoms. The summed E-state index contributed by atoms with van der Waals surface area (Å²) in [5.74, 6) is 0.327. The molecule has 1 aliphatic heterocycles. The monoisotopic (exact) mass is 293 g/mol. The van der Waals surface area contributed by atoms with Gasteiger partial charge in [0, 0.05) is 10.4 Å². The molecule has 1 saturated heterocycles. The molecule has 1 N–H and O–H groups in total. The molecule has 0 aromatic heterocycles. The fourth-order valence-corrected chi connectivity index (χ4v) is 4.40. The van der Waals surface area contributed by atoms with Crippen molar-refractivity contribution in [1.29, 1.82) is 0 Å². The van der Waals surface area contributed by atoms with Crippen LogP contribution in [0.15, 0.2) is 18.2 Å². The number of likely N-dealkylation sites (tertiary alicyclic amines) is 1. The summed E-state index contributed by atoms with van der Waals surface area (Å²) in [6.45, 7) is 6.52. The lowest BCUT2D eigenvalue weighted by Crippen LogP contribution is -2.49. The van der Waals surface area contributed by atoms with Crippen molar-refractivity contribution in [2.24, 2.45) is 11.3 Å². The second-order valence-corrected chi connectivity index (χ2v) is 7.64. The Hall–Kier alpha value is -0.570. The molecule has 1 heterocycles. The van der Waals surface area contributed by atoms with Gasteiger partial charge in [0.2, 0.25) is 0 Å². The molecule has 0 saturated carbocycles. The molecule has 1 fully saturated rings. The number of benzene rings is 1. The van der Waals surface area contributed by atoms with Crippen LogP contribution in [0, 0.1) is 11.3 Å². The number of hydrogen-bond donors (Lipinski definition) is 1. The third kappa shape index (κ3) is 2.01. The van der Waals surface area contributed by atoms with Crippen molar-refractivity contribution in [3.63, 3.8) is 0 Å². The summed E-state index contributed by atoms with van der Waals surface area (Å²) < 4.78 is 0. The smallest absolute Gasteiger partial charge is 0.0982 e. The number of nitrogens with zero attached hydrogens (tertiary/aromatic N) is 1. The minimum Gasteiger partial charge on any atom is -0.384 e. The van der Waals surface area contributed by atoms with Crippen LogP contribution < -0.4 is 0 Å². The van der Waals surface area contributed by atoms with Gasteiger partial charge in [-0.3, -0.25) is 0 Å². The van der Waals surface area contributed by atoms with Crippen LogP contribution in [0.4, 0.5) is 0 Å². The van der Waals surface area contributed by atoms with Crippen LogP contribution in [0.1, 0.15) is 37.8 Å². The van der Waals surface area contributed by atoms with Crippen LogP contribution in [0.5, 0.6) is 0 Å². The van der Waals surface area contributed by atoms with E-state index >= 15 is 0 Å². The van der Waals surface area contributed by atoms with Gasteiger partial charge in [-0.1, -0.05) is 31.5 Å². The lowest BCUT2D eigenvalue weighted by molar-refractivity contribution is -0.121. The van der Waals surface area contributed by atoms with E-state index in [0.29, 0.717) is 5.92 Å². The van der Waals surface area contributed by atoms with Crippen LogP contribution in [-0.4, -0.2) is 30.1 Å². The molecule has 1 aromatic carbocycles. The van der Waals surface area contributed by atoms with Gasteiger partial charge >= 0.3 is 0 Å². The van der Waals surface area contributed by atoms with Crippen LogP contribution in [-0.2, 0) is 12.0 Å². The Morgan fingerprint density at radius 2 is 1.90 bits per heavy atom. The molecule has 3 rings (SSSR count). The lowest BCUT2D eigenvalue weighted by atomic mass is 9.65. The first-order chi connectivity index (χ1) is 9.34.